The maximum atomic E-state index is 10.4. The zero-order valence-electron chi connectivity index (χ0n) is 13.0. The summed E-state index contributed by atoms with van der Waals surface area (Å²) >= 11 is 1.64. The van der Waals surface area contributed by atoms with Crippen LogP contribution in [0, 0.1) is 5.92 Å². The highest BCUT2D eigenvalue weighted by atomic mass is 32.1. The average molecular weight is 317 g/mol. The molecule has 22 heavy (non-hydrogen) atoms. The zero-order valence-corrected chi connectivity index (χ0v) is 13.9. The fourth-order valence-corrected chi connectivity index (χ4v) is 3.49. The molecule has 1 aliphatic carbocycles. The lowest BCUT2D eigenvalue weighted by atomic mass is 10.2. The van der Waals surface area contributed by atoms with Gasteiger partial charge in [0.1, 0.15) is 6.10 Å². The van der Waals surface area contributed by atoms with Crippen LogP contribution in [0.2, 0.25) is 0 Å². The Labute approximate surface area is 135 Å². The van der Waals surface area contributed by atoms with Gasteiger partial charge < -0.3 is 15.7 Å². The quantitative estimate of drug-likeness (QED) is 0.587. The number of thiophene rings is 1. The van der Waals surface area contributed by atoms with Gasteiger partial charge in [-0.3, -0.25) is 4.99 Å². The molecule has 0 amide bonds. The number of aliphatic imine (C=N–C) groups is 1. The van der Waals surface area contributed by atoms with Crippen LogP contribution < -0.4 is 10.6 Å². The third-order valence-corrected chi connectivity index (χ3v) is 5.19. The predicted octanol–water partition coefficient (Wildman–Crippen LogP) is 2.90. The molecule has 0 bridgehead atoms. The molecule has 4 nitrogen and oxygen atoms in total. The number of benzene rings is 1. The largest absolute Gasteiger partial charge is 0.386 e. The minimum absolute atomic E-state index is 0.378. The second kappa shape index (κ2) is 6.67. The third kappa shape index (κ3) is 3.59. The van der Waals surface area contributed by atoms with Crippen LogP contribution in [0.15, 0.2) is 35.3 Å². The van der Waals surface area contributed by atoms with Crippen LogP contribution in [0.3, 0.4) is 0 Å². The number of nitrogens with zero attached hydrogens (tertiary/aromatic N) is 1. The minimum Gasteiger partial charge on any atom is -0.386 e. The molecule has 1 heterocycles. The average Bonchev–Trinajstić information content (AvgIpc) is 3.03. The molecule has 0 saturated heterocycles. The van der Waals surface area contributed by atoms with Gasteiger partial charge >= 0.3 is 0 Å². The second-order valence-corrected chi connectivity index (χ2v) is 7.00. The minimum atomic E-state index is -0.551. The third-order valence-electron chi connectivity index (χ3n) is 3.97. The van der Waals surface area contributed by atoms with Crippen LogP contribution >= 0.6 is 11.3 Å². The Bertz CT molecular complexity index is 634. The van der Waals surface area contributed by atoms with E-state index in [1.54, 1.807) is 11.3 Å². The molecule has 1 aromatic heterocycles. The summed E-state index contributed by atoms with van der Waals surface area (Å²) in [6.07, 6.45) is 0.646. The van der Waals surface area contributed by atoms with Crippen molar-refractivity contribution in [3.8, 4) is 0 Å². The second-order valence-electron chi connectivity index (χ2n) is 5.89. The molecule has 0 radical (unpaired) electrons. The number of rotatable bonds is 5. The molecule has 2 aromatic rings. The van der Waals surface area contributed by atoms with E-state index in [0.29, 0.717) is 12.6 Å². The van der Waals surface area contributed by atoms with Gasteiger partial charge in [0.2, 0.25) is 0 Å². The topological polar surface area (TPSA) is 56.7 Å². The fraction of sp³-hybridized carbons (Fsp3) is 0.471. The summed E-state index contributed by atoms with van der Waals surface area (Å²) in [6.45, 7) is 5.48. The molecule has 0 aliphatic heterocycles. The Kier molecular flexibility index (Phi) is 4.64. The van der Waals surface area contributed by atoms with Gasteiger partial charge in [-0.05, 0) is 36.8 Å². The zero-order chi connectivity index (χ0) is 15.5. The van der Waals surface area contributed by atoms with E-state index >= 15 is 0 Å². The van der Waals surface area contributed by atoms with Gasteiger partial charge in [0.25, 0.3) is 0 Å². The van der Waals surface area contributed by atoms with E-state index in [4.69, 9.17) is 0 Å². The van der Waals surface area contributed by atoms with Gasteiger partial charge in [0.05, 0.1) is 6.54 Å². The van der Waals surface area contributed by atoms with E-state index in [1.165, 1.54) is 16.5 Å². The summed E-state index contributed by atoms with van der Waals surface area (Å²) in [5.74, 6) is 1.52. The van der Waals surface area contributed by atoms with Gasteiger partial charge in [-0.25, -0.2) is 0 Å². The van der Waals surface area contributed by atoms with Gasteiger partial charge in [-0.15, -0.1) is 11.3 Å². The Balaban J connectivity index is 1.65. The summed E-state index contributed by atoms with van der Waals surface area (Å²) in [4.78, 5) is 5.50. The van der Waals surface area contributed by atoms with Crippen LogP contribution in [-0.2, 0) is 0 Å². The first-order chi connectivity index (χ1) is 10.7. The van der Waals surface area contributed by atoms with Crippen molar-refractivity contribution in [2.24, 2.45) is 10.9 Å². The number of nitrogens with one attached hydrogen (secondary N) is 2. The van der Waals surface area contributed by atoms with E-state index in [0.717, 1.165) is 23.3 Å². The molecule has 1 aromatic carbocycles. The number of aliphatic hydroxyl groups is 1. The van der Waals surface area contributed by atoms with Crippen LogP contribution in [0.1, 0.15) is 31.2 Å². The Hall–Kier alpha value is -1.59. The van der Waals surface area contributed by atoms with Crippen molar-refractivity contribution in [2.75, 3.05) is 13.1 Å². The van der Waals surface area contributed by atoms with E-state index in [9.17, 15) is 5.11 Å². The smallest absolute Gasteiger partial charge is 0.191 e. The monoisotopic (exact) mass is 317 g/mol. The first-order valence-electron chi connectivity index (χ1n) is 7.88. The Morgan fingerprint density at radius 3 is 2.91 bits per heavy atom. The number of aliphatic hydroxyl groups excluding tert-OH is 1. The van der Waals surface area contributed by atoms with E-state index < -0.39 is 6.10 Å². The van der Waals surface area contributed by atoms with Crippen LogP contribution in [0.5, 0.6) is 0 Å². The van der Waals surface area contributed by atoms with Gasteiger partial charge in [-0.2, -0.15) is 0 Å². The summed E-state index contributed by atoms with van der Waals surface area (Å²) in [5, 5.41) is 18.2. The van der Waals surface area contributed by atoms with Gasteiger partial charge in [-0.1, -0.05) is 25.1 Å². The van der Waals surface area contributed by atoms with Gasteiger partial charge in [0.15, 0.2) is 5.96 Å². The Morgan fingerprint density at radius 2 is 2.23 bits per heavy atom. The van der Waals surface area contributed by atoms with E-state index in [-0.39, 0.29) is 0 Å². The highest BCUT2D eigenvalue weighted by Crippen LogP contribution is 2.30. The van der Waals surface area contributed by atoms with Crippen molar-refractivity contribution in [1.29, 1.82) is 0 Å². The van der Waals surface area contributed by atoms with E-state index in [2.05, 4.69) is 47.7 Å². The number of hydrogen-bond donors (Lipinski definition) is 3. The molecule has 3 atom stereocenters. The molecule has 5 heteroatoms. The standard InChI is InChI=1S/C17H23N3OS/c1-3-18-17(20-13-8-11(13)2)19-10-14(21)16-9-12-6-4-5-7-15(12)22-16/h4-7,9,11,13-14,21H,3,8,10H2,1-2H3,(H2,18,19,20). The van der Waals surface area contributed by atoms with Crippen LogP contribution in [-0.4, -0.2) is 30.2 Å². The van der Waals surface area contributed by atoms with Gasteiger partial charge in [0, 0.05) is 22.2 Å². The Morgan fingerprint density at radius 1 is 1.45 bits per heavy atom. The highest BCUT2D eigenvalue weighted by Gasteiger charge is 2.33. The lowest BCUT2D eigenvalue weighted by Crippen LogP contribution is -2.39. The van der Waals surface area contributed by atoms with Crippen molar-refractivity contribution in [3.05, 3.63) is 35.2 Å². The normalized spacial score (nSPS) is 22.6. The van der Waals surface area contributed by atoms with E-state index in [1.807, 2.05) is 12.1 Å². The molecule has 118 valence electrons. The maximum absolute atomic E-state index is 10.4. The first kappa shape index (κ1) is 15.3. The fourth-order valence-electron chi connectivity index (χ4n) is 2.45. The molecular formula is C17H23N3OS. The maximum Gasteiger partial charge on any atom is 0.191 e. The molecule has 0 spiro atoms. The summed E-state index contributed by atoms with van der Waals surface area (Å²) in [5.41, 5.74) is 0. The van der Waals surface area contributed by atoms with Crippen molar-refractivity contribution < 1.29 is 5.11 Å². The molecule has 1 fully saturated rings. The van der Waals surface area contributed by atoms with Crippen molar-refractivity contribution in [3.63, 3.8) is 0 Å². The lowest BCUT2D eigenvalue weighted by molar-refractivity contribution is 0.191. The summed E-state index contributed by atoms with van der Waals surface area (Å²) in [7, 11) is 0. The molecular weight excluding hydrogens is 294 g/mol. The van der Waals surface area contributed by atoms with Crippen molar-refractivity contribution in [1.82, 2.24) is 10.6 Å². The number of fused-ring (bicyclic) bond motifs is 1. The number of hydrogen-bond acceptors (Lipinski definition) is 3. The molecule has 1 saturated carbocycles. The summed E-state index contributed by atoms with van der Waals surface area (Å²) < 4.78 is 1.21. The molecule has 3 rings (SSSR count). The van der Waals surface area contributed by atoms with Crippen LogP contribution in [0.4, 0.5) is 0 Å². The SMILES string of the molecule is CCNC(=NCC(O)c1cc2ccccc2s1)NC1CC1C. The first-order valence-corrected chi connectivity index (χ1v) is 8.70. The molecule has 3 unspecified atom stereocenters. The number of guanidine groups is 1. The van der Waals surface area contributed by atoms with Crippen molar-refractivity contribution >= 4 is 27.4 Å². The van der Waals surface area contributed by atoms with Crippen LogP contribution in [0.25, 0.3) is 10.1 Å². The molecule has 1 aliphatic rings. The lowest BCUT2D eigenvalue weighted by Gasteiger charge is -2.12. The molecule has 3 N–H and O–H groups in total. The highest BCUT2D eigenvalue weighted by molar-refractivity contribution is 7.19. The summed E-state index contributed by atoms with van der Waals surface area (Å²) in [6, 6.07) is 10.8. The predicted molar refractivity (Wildman–Crippen MR) is 93.5 cm³/mol. The van der Waals surface area contributed by atoms with Crippen molar-refractivity contribution in [2.45, 2.75) is 32.4 Å².